The Hall–Kier alpha value is -1.89. The number of nitro groups is 1. The first-order chi connectivity index (χ1) is 8.90. The summed E-state index contributed by atoms with van der Waals surface area (Å²) in [6, 6.07) is 1.44. The van der Waals surface area contributed by atoms with Crippen molar-refractivity contribution in [3.05, 3.63) is 28.1 Å². The summed E-state index contributed by atoms with van der Waals surface area (Å²) >= 11 is 0. The molecule has 1 amide bonds. The van der Waals surface area contributed by atoms with Crippen molar-refractivity contribution in [2.75, 3.05) is 13.1 Å². The second-order valence-electron chi connectivity index (χ2n) is 5.13. The van der Waals surface area contributed by atoms with Crippen LogP contribution in [0.2, 0.25) is 0 Å². The molecule has 2 rings (SSSR count). The van der Waals surface area contributed by atoms with Crippen molar-refractivity contribution in [3.63, 3.8) is 0 Å². The first kappa shape index (κ1) is 13.5. The SMILES string of the molecule is CC1CN(C(=O)c2cc([N+](=O)[O-])cn2C)CCC1N. The summed E-state index contributed by atoms with van der Waals surface area (Å²) in [6.07, 6.45) is 2.12. The largest absolute Gasteiger partial charge is 0.340 e. The van der Waals surface area contributed by atoms with Crippen LogP contribution in [0.4, 0.5) is 5.69 Å². The summed E-state index contributed by atoms with van der Waals surface area (Å²) in [5.41, 5.74) is 6.20. The van der Waals surface area contributed by atoms with Crippen molar-refractivity contribution in [2.24, 2.45) is 18.7 Å². The van der Waals surface area contributed by atoms with E-state index in [1.807, 2.05) is 6.92 Å². The van der Waals surface area contributed by atoms with Crippen LogP contribution in [-0.2, 0) is 7.05 Å². The Morgan fingerprint density at radius 1 is 1.58 bits per heavy atom. The zero-order valence-electron chi connectivity index (χ0n) is 11.1. The number of amides is 1. The highest BCUT2D eigenvalue weighted by Gasteiger charge is 2.29. The number of likely N-dealkylation sites (tertiary alicyclic amines) is 1. The highest BCUT2D eigenvalue weighted by molar-refractivity contribution is 5.93. The van der Waals surface area contributed by atoms with Gasteiger partial charge in [-0.25, -0.2) is 0 Å². The maximum absolute atomic E-state index is 12.4. The Balaban J connectivity index is 2.18. The molecule has 7 nitrogen and oxygen atoms in total. The third-order valence-corrected chi connectivity index (χ3v) is 3.68. The number of hydrogen-bond donors (Lipinski definition) is 1. The fourth-order valence-corrected chi connectivity index (χ4v) is 2.37. The molecule has 1 saturated heterocycles. The minimum Gasteiger partial charge on any atom is -0.340 e. The minimum absolute atomic E-state index is 0.0624. The van der Waals surface area contributed by atoms with Crippen LogP contribution in [0.5, 0.6) is 0 Å². The first-order valence-electron chi connectivity index (χ1n) is 6.25. The lowest BCUT2D eigenvalue weighted by atomic mass is 9.94. The number of piperidine rings is 1. The summed E-state index contributed by atoms with van der Waals surface area (Å²) in [5, 5.41) is 10.7. The van der Waals surface area contributed by atoms with Crippen LogP contribution in [0.15, 0.2) is 12.3 Å². The van der Waals surface area contributed by atoms with E-state index in [1.165, 1.54) is 16.8 Å². The first-order valence-corrected chi connectivity index (χ1v) is 6.25. The molecule has 0 spiro atoms. The van der Waals surface area contributed by atoms with Crippen molar-refractivity contribution in [2.45, 2.75) is 19.4 Å². The standard InChI is InChI=1S/C12H18N4O3/c1-8-6-15(4-3-10(8)13)12(17)11-5-9(16(18)19)7-14(11)2/h5,7-8,10H,3-4,6,13H2,1-2H3. The zero-order valence-corrected chi connectivity index (χ0v) is 11.1. The molecule has 1 aromatic heterocycles. The minimum atomic E-state index is -0.495. The molecule has 2 heterocycles. The van der Waals surface area contributed by atoms with Gasteiger partial charge in [-0.2, -0.15) is 0 Å². The molecule has 0 saturated carbocycles. The molecular formula is C12H18N4O3. The predicted octanol–water partition coefficient (Wildman–Crippen LogP) is 0.743. The number of hydrogen-bond acceptors (Lipinski definition) is 4. The average Bonchev–Trinajstić information content (AvgIpc) is 2.74. The molecule has 2 unspecified atom stereocenters. The lowest BCUT2D eigenvalue weighted by Gasteiger charge is -2.35. The van der Waals surface area contributed by atoms with E-state index in [-0.39, 0.29) is 23.6 Å². The van der Waals surface area contributed by atoms with Gasteiger partial charge in [-0.1, -0.05) is 6.92 Å². The van der Waals surface area contributed by atoms with Crippen molar-refractivity contribution < 1.29 is 9.72 Å². The van der Waals surface area contributed by atoms with Crippen molar-refractivity contribution in [3.8, 4) is 0 Å². The number of carbonyl (C=O) groups is 1. The summed E-state index contributed by atoms with van der Waals surface area (Å²) in [6.45, 7) is 3.21. The number of nitrogens with zero attached hydrogens (tertiary/aromatic N) is 3. The van der Waals surface area contributed by atoms with Gasteiger partial charge in [0, 0.05) is 32.2 Å². The van der Waals surface area contributed by atoms with Crippen LogP contribution in [0.3, 0.4) is 0 Å². The maximum Gasteiger partial charge on any atom is 0.287 e. The van der Waals surface area contributed by atoms with E-state index in [4.69, 9.17) is 5.73 Å². The van der Waals surface area contributed by atoms with E-state index in [0.29, 0.717) is 18.8 Å². The lowest BCUT2D eigenvalue weighted by Crippen LogP contribution is -2.48. The number of aromatic nitrogens is 1. The summed E-state index contributed by atoms with van der Waals surface area (Å²) in [7, 11) is 1.64. The van der Waals surface area contributed by atoms with Gasteiger partial charge in [0.2, 0.25) is 0 Å². The van der Waals surface area contributed by atoms with E-state index in [9.17, 15) is 14.9 Å². The number of nitrogens with two attached hydrogens (primary N) is 1. The molecule has 1 aromatic rings. The smallest absolute Gasteiger partial charge is 0.287 e. The Morgan fingerprint density at radius 2 is 2.26 bits per heavy atom. The fraction of sp³-hybridized carbons (Fsp3) is 0.583. The van der Waals surface area contributed by atoms with Crippen molar-refractivity contribution >= 4 is 11.6 Å². The van der Waals surface area contributed by atoms with E-state index < -0.39 is 4.92 Å². The maximum atomic E-state index is 12.4. The van der Waals surface area contributed by atoms with E-state index in [1.54, 1.807) is 11.9 Å². The molecule has 104 valence electrons. The van der Waals surface area contributed by atoms with Crippen molar-refractivity contribution in [1.29, 1.82) is 0 Å². The van der Waals surface area contributed by atoms with Gasteiger partial charge >= 0.3 is 0 Å². The summed E-state index contributed by atoms with van der Waals surface area (Å²) < 4.78 is 1.50. The molecule has 1 fully saturated rings. The van der Waals surface area contributed by atoms with Crippen LogP contribution in [0.25, 0.3) is 0 Å². The Labute approximate surface area is 111 Å². The Kier molecular flexibility index (Phi) is 3.57. The van der Waals surface area contributed by atoms with Crippen LogP contribution >= 0.6 is 0 Å². The second-order valence-corrected chi connectivity index (χ2v) is 5.13. The average molecular weight is 266 g/mol. The quantitative estimate of drug-likeness (QED) is 0.631. The molecule has 0 aromatic carbocycles. The molecule has 1 aliphatic rings. The van der Waals surface area contributed by atoms with Gasteiger partial charge in [0.25, 0.3) is 11.6 Å². The molecule has 19 heavy (non-hydrogen) atoms. The predicted molar refractivity (Wildman–Crippen MR) is 69.7 cm³/mol. The van der Waals surface area contributed by atoms with Crippen molar-refractivity contribution in [1.82, 2.24) is 9.47 Å². The van der Waals surface area contributed by atoms with Gasteiger partial charge in [-0.3, -0.25) is 14.9 Å². The molecule has 0 aliphatic carbocycles. The van der Waals surface area contributed by atoms with Gasteiger partial charge in [0.05, 0.1) is 11.1 Å². The number of rotatable bonds is 2. The van der Waals surface area contributed by atoms with Gasteiger partial charge in [-0.05, 0) is 12.3 Å². The Morgan fingerprint density at radius 3 is 2.79 bits per heavy atom. The molecule has 1 aliphatic heterocycles. The number of carbonyl (C=O) groups excluding carboxylic acids is 1. The number of aryl methyl sites for hydroxylation is 1. The highest BCUT2D eigenvalue weighted by atomic mass is 16.6. The molecule has 7 heteroatoms. The highest BCUT2D eigenvalue weighted by Crippen LogP contribution is 2.20. The zero-order chi connectivity index (χ0) is 14.2. The van der Waals surface area contributed by atoms with E-state index in [0.717, 1.165) is 6.42 Å². The third-order valence-electron chi connectivity index (χ3n) is 3.68. The van der Waals surface area contributed by atoms with E-state index >= 15 is 0 Å². The lowest BCUT2D eigenvalue weighted by molar-refractivity contribution is -0.384. The van der Waals surface area contributed by atoms with Gasteiger partial charge in [0.1, 0.15) is 5.69 Å². The van der Waals surface area contributed by atoms with Gasteiger partial charge < -0.3 is 15.2 Å². The van der Waals surface area contributed by atoms with E-state index in [2.05, 4.69) is 0 Å². The van der Waals surface area contributed by atoms with Crippen LogP contribution in [-0.4, -0.2) is 39.4 Å². The van der Waals surface area contributed by atoms with Gasteiger partial charge in [0.15, 0.2) is 0 Å². The molecular weight excluding hydrogens is 248 g/mol. The van der Waals surface area contributed by atoms with Crippen LogP contribution < -0.4 is 5.73 Å². The molecule has 2 atom stereocenters. The monoisotopic (exact) mass is 266 g/mol. The molecule has 2 N–H and O–H groups in total. The fourth-order valence-electron chi connectivity index (χ4n) is 2.37. The third kappa shape index (κ3) is 2.60. The molecule has 0 radical (unpaired) electrons. The van der Waals surface area contributed by atoms with Crippen LogP contribution in [0.1, 0.15) is 23.8 Å². The normalized spacial score (nSPS) is 23.4. The second kappa shape index (κ2) is 5.00. The molecule has 0 bridgehead atoms. The Bertz CT molecular complexity index is 511. The topological polar surface area (TPSA) is 94.4 Å². The summed E-state index contributed by atoms with van der Waals surface area (Å²) in [5.74, 6) is 0.0716. The van der Waals surface area contributed by atoms with Gasteiger partial charge in [-0.15, -0.1) is 0 Å². The van der Waals surface area contributed by atoms with Crippen LogP contribution in [0, 0.1) is 16.0 Å². The summed E-state index contributed by atoms with van der Waals surface area (Å²) in [4.78, 5) is 24.3.